The minimum Gasteiger partial charge on any atom is -0.374 e. The summed E-state index contributed by atoms with van der Waals surface area (Å²) in [6, 6.07) is 0.502. The maximum atomic E-state index is 6.17. The fraction of sp³-hybridized carbons (Fsp3) is 0.867. The van der Waals surface area contributed by atoms with Crippen molar-refractivity contribution in [2.45, 2.75) is 69.9 Å². The lowest BCUT2D eigenvalue weighted by Crippen LogP contribution is -2.52. The fourth-order valence-electron chi connectivity index (χ4n) is 3.17. The SMILES string of the molecule is C=CCCCC(NC)C1(OCC)CCCCC1. The van der Waals surface area contributed by atoms with Crippen molar-refractivity contribution in [1.82, 2.24) is 5.32 Å². The van der Waals surface area contributed by atoms with Crippen molar-refractivity contribution in [3.63, 3.8) is 0 Å². The van der Waals surface area contributed by atoms with Crippen LogP contribution in [-0.4, -0.2) is 25.3 Å². The summed E-state index contributed by atoms with van der Waals surface area (Å²) in [6.07, 6.45) is 12.0. The van der Waals surface area contributed by atoms with Crippen molar-refractivity contribution in [2.24, 2.45) is 0 Å². The predicted molar refractivity (Wildman–Crippen MR) is 74.3 cm³/mol. The molecule has 0 aromatic carbocycles. The molecule has 1 rings (SSSR count). The van der Waals surface area contributed by atoms with Crippen LogP contribution in [0, 0.1) is 0 Å². The maximum Gasteiger partial charge on any atom is 0.0834 e. The minimum atomic E-state index is 0.100. The third-order valence-corrected chi connectivity index (χ3v) is 4.02. The van der Waals surface area contributed by atoms with E-state index in [-0.39, 0.29) is 5.60 Å². The van der Waals surface area contributed by atoms with Crippen molar-refractivity contribution in [2.75, 3.05) is 13.7 Å². The minimum absolute atomic E-state index is 0.100. The highest BCUT2D eigenvalue weighted by atomic mass is 16.5. The average molecular weight is 239 g/mol. The summed E-state index contributed by atoms with van der Waals surface area (Å²) in [5, 5.41) is 3.50. The Morgan fingerprint density at radius 1 is 1.35 bits per heavy atom. The van der Waals surface area contributed by atoms with Gasteiger partial charge in [0.05, 0.1) is 5.60 Å². The molecule has 1 fully saturated rings. The van der Waals surface area contributed by atoms with Gasteiger partial charge in [0.15, 0.2) is 0 Å². The van der Waals surface area contributed by atoms with Gasteiger partial charge in [-0.3, -0.25) is 0 Å². The molecule has 1 unspecified atom stereocenters. The van der Waals surface area contributed by atoms with Crippen LogP contribution in [0.15, 0.2) is 12.7 Å². The summed E-state index contributed by atoms with van der Waals surface area (Å²) in [6.45, 7) is 6.75. The molecule has 0 bridgehead atoms. The number of hydrogen-bond donors (Lipinski definition) is 1. The fourth-order valence-corrected chi connectivity index (χ4v) is 3.17. The summed E-state index contributed by atoms with van der Waals surface area (Å²) < 4.78 is 6.17. The van der Waals surface area contributed by atoms with Crippen molar-refractivity contribution >= 4 is 0 Å². The van der Waals surface area contributed by atoms with E-state index in [0.717, 1.165) is 13.0 Å². The third-order valence-electron chi connectivity index (χ3n) is 4.02. The molecule has 1 saturated carbocycles. The Morgan fingerprint density at radius 3 is 2.59 bits per heavy atom. The van der Waals surface area contributed by atoms with Crippen LogP contribution in [0.3, 0.4) is 0 Å². The Morgan fingerprint density at radius 2 is 2.06 bits per heavy atom. The molecule has 1 aliphatic carbocycles. The molecule has 0 saturated heterocycles. The van der Waals surface area contributed by atoms with E-state index in [1.165, 1.54) is 44.9 Å². The molecule has 0 amide bonds. The smallest absolute Gasteiger partial charge is 0.0834 e. The number of ether oxygens (including phenoxy) is 1. The van der Waals surface area contributed by atoms with Gasteiger partial charge in [0.2, 0.25) is 0 Å². The van der Waals surface area contributed by atoms with Gasteiger partial charge >= 0.3 is 0 Å². The van der Waals surface area contributed by atoms with Crippen LogP contribution in [0.4, 0.5) is 0 Å². The average Bonchev–Trinajstić information content (AvgIpc) is 2.36. The number of nitrogens with one attached hydrogen (secondary N) is 1. The molecule has 0 aromatic rings. The quantitative estimate of drug-likeness (QED) is 0.515. The Bertz CT molecular complexity index is 203. The lowest BCUT2D eigenvalue weighted by atomic mass is 9.77. The highest BCUT2D eigenvalue weighted by Gasteiger charge is 2.39. The van der Waals surface area contributed by atoms with Gasteiger partial charge in [-0.15, -0.1) is 6.58 Å². The Balaban J connectivity index is 2.60. The van der Waals surface area contributed by atoms with E-state index in [1.807, 2.05) is 6.08 Å². The molecule has 0 aliphatic heterocycles. The largest absolute Gasteiger partial charge is 0.374 e. The van der Waals surface area contributed by atoms with Crippen LogP contribution in [0.2, 0.25) is 0 Å². The first-order valence-corrected chi connectivity index (χ1v) is 7.21. The molecular formula is C15H29NO. The van der Waals surface area contributed by atoms with Gasteiger partial charge in [-0.25, -0.2) is 0 Å². The van der Waals surface area contributed by atoms with E-state index in [2.05, 4.69) is 25.9 Å². The standard InChI is InChI=1S/C15H29NO/c1-4-6-8-11-14(16-3)15(17-5-2)12-9-7-10-13-15/h4,14,16H,1,5-13H2,2-3H3. The Hall–Kier alpha value is -0.340. The van der Waals surface area contributed by atoms with E-state index in [1.54, 1.807) is 0 Å². The van der Waals surface area contributed by atoms with Gasteiger partial charge in [-0.1, -0.05) is 25.3 Å². The third kappa shape index (κ3) is 4.11. The summed E-state index contributed by atoms with van der Waals surface area (Å²) in [5.41, 5.74) is 0.100. The van der Waals surface area contributed by atoms with Crippen molar-refractivity contribution in [1.29, 1.82) is 0 Å². The molecule has 0 aromatic heterocycles. The predicted octanol–water partition coefficient (Wildman–Crippen LogP) is 3.67. The molecule has 0 radical (unpaired) electrons. The zero-order valence-corrected chi connectivity index (χ0v) is 11.6. The van der Waals surface area contributed by atoms with Gasteiger partial charge in [-0.2, -0.15) is 0 Å². The lowest BCUT2D eigenvalue weighted by molar-refractivity contribution is -0.0903. The van der Waals surface area contributed by atoms with Gasteiger partial charge < -0.3 is 10.1 Å². The van der Waals surface area contributed by atoms with E-state index in [9.17, 15) is 0 Å². The molecule has 100 valence electrons. The summed E-state index contributed by atoms with van der Waals surface area (Å²) in [4.78, 5) is 0. The Labute approximate surface area is 107 Å². The maximum absolute atomic E-state index is 6.17. The first-order valence-electron chi connectivity index (χ1n) is 7.21. The summed E-state index contributed by atoms with van der Waals surface area (Å²) in [5.74, 6) is 0. The molecule has 2 nitrogen and oxygen atoms in total. The second-order valence-corrected chi connectivity index (χ2v) is 5.12. The first kappa shape index (κ1) is 14.7. The van der Waals surface area contributed by atoms with Gasteiger partial charge in [-0.05, 0) is 46.1 Å². The molecule has 2 heteroatoms. The molecule has 0 spiro atoms. The first-order chi connectivity index (χ1) is 8.29. The topological polar surface area (TPSA) is 21.3 Å². The number of hydrogen-bond acceptors (Lipinski definition) is 2. The van der Waals surface area contributed by atoms with Crippen LogP contribution in [-0.2, 0) is 4.74 Å². The molecular weight excluding hydrogens is 210 g/mol. The summed E-state index contributed by atoms with van der Waals surface area (Å²) in [7, 11) is 2.08. The lowest BCUT2D eigenvalue weighted by Gasteiger charge is -2.43. The highest BCUT2D eigenvalue weighted by Crippen LogP contribution is 2.36. The van der Waals surface area contributed by atoms with Gasteiger partial charge in [0.1, 0.15) is 0 Å². The van der Waals surface area contributed by atoms with Gasteiger partial charge in [0.25, 0.3) is 0 Å². The number of allylic oxidation sites excluding steroid dienone is 1. The van der Waals surface area contributed by atoms with Crippen LogP contribution in [0.25, 0.3) is 0 Å². The number of rotatable bonds is 8. The van der Waals surface area contributed by atoms with Crippen molar-refractivity contribution < 1.29 is 4.74 Å². The van der Waals surface area contributed by atoms with Crippen LogP contribution < -0.4 is 5.32 Å². The van der Waals surface area contributed by atoms with E-state index < -0.39 is 0 Å². The Kier molecular flexibility index (Phi) is 6.83. The molecule has 1 aliphatic rings. The van der Waals surface area contributed by atoms with Crippen LogP contribution >= 0.6 is 0 Å². The molecule has 1 atom stereocenters. The van der Waals surface area contributed by atoms with Crippen molar-refractivity contribution in [3.05, 3.63) is 12.7 Å². The van der Waals surface area contributed by atoms with Crippen LogP contribution in [0.5, 0.6) is 0 Å². The molecule has 17 heavy (non-hydrogen) atoms. The van der Waals surface area contributed by atoms with E-state index >= 15 is 0 Å². The van der Waals surface area contributed by atoms with E-state index in [4.69, 9.17) is 4.74 Å². The molecule has 0 heterocycles. The van der Waals surface area contributed by atoms with E-state index in [0.29, 0.717) is 6.04 Å². The number of unbranched alkanes of at least 4 members (excludes halogenated alkanes) is 1. The second kappa shape index (κ2) is 7.88. The van der Waals surface area contributed by atoms with Crippen LogP contribution in [0.1, 0.15) is 58.3 Å². The summed E-state index contributed by atoms with van der Waals surface area (Å²) >= 11 is 0. The number of likely N-dealkylation sites (N-methyl/N-ethyl adjacent to an activating group) is 1. The normalized spacial score (nSPS) is 21.1. The highest BCUT2D eigenvalue weighted by molar-refractivity contribution is 4.95. The zero-order chi connectivity index (χ0) is 12.6. The zero-order valence-electron chi connectivity index (χ0n) is 11.6. The second-order valence-electron chi connectivity index (χ2n) is 5.12. The van der Waals surface area contributed by atoms with Crippen molar-refractivity contribution in [3.8, 4) is 0 Å². The van der Waals surface area contributed by atoms with Gasteiger partial charge in [0, 0.05) is 12.6 Å². The monoisotopic (exact) mass is 239 g/mol. The molecule has 1 N–H and O–H groups in total.